The molecule has 1 N–H and O–H groups in total. The van der Waals surface area contributed by atoms with Crippen LogP contribution in [0.4, 0.5) is 17.6 Å². The van der Waals surface area contributed by atoms with E-state index in [0.29, 0.717) is 0 Å². The molecule has 34 heavy (non-hydrogen) atoms. The van der Waals surface area contributed by atoms with Crippen molar-refractivity contribution in [2.45, 2.75) is 38.5 Å². The molecule has 0 aromatic heterocycles. The van der Waals surface area contributed by atoms with Crippen molar-refractivity contribution in [3.63, 3.8) is 0 Å². The molecule has 0 amide bonds. The molecular weight excluding hydrogens is 460 g/mol. The summed E-state index contributed by atoms with van der Waals surface area (Å²) >= 11 is 0. The second-order valence-electron chi connectivity index (χ2n) is 7.65. The molecule has 0 bridgehead atoms. The van der Waals surface area contributed by atoms with Crippen molar-refractivity contribution in [2.75, 3.05) is 0 Å². The number of para-hydroxylation sites is 2. The van der Waals surface area contributed by atoms with Gasteiger partial charge in [0.2, 0.25) is 12.9 Å². The molecule has 6 nitrogen and oxygen atoms in total. The number of hydrogen-bond acceptors (Lipinski definition) is 6. The Balaban J connectivity index is 0.000000191. The largest absolute Gasteiger partial charge is 0.512 e. The molecule has 2 aliphatic heterocycles. The van der Waals surface area contributed by atoms with E-state index >= 15 is 0 Å². The zero-order chi connectivity index (χ0) is 25.2. The molecule has 3 atom stereocenters. The first-order chi connectivity index (χ1) is 16.0. The van der Waals surface area contributed by atoms with Crippen molar-refractivity contribution in [1.29, 1.82) is 0 Å². The van der Waals surface area contributed by atoms with Crippen LogP contribution in [0.15, 0.2) is 59.9 Å². The van der Waals surface area contributed by atoms with E-state index in [0.717, 1.165) is 6.92 Å². The maximum atomic E-state index is 13.0. The minimum atomic E-state index is -2.78. The highest BCUT2D eigenvalue weighted by Crippen LogP contribution is 2.42. The molecule has 2 heterocycles. The molecular formula is C24H20F4O6. The number of fused-ring (bicyclic) bond motifs is 2. The van der Waals surface area contributed by atoms with Gasteiger partial charge in [-0.05, 0) is 26.0 Å². The Kier molecular flexibility index (Phi) is 7.38. The quantitative estimate of drug-likeness (QED) is 0.167. The summed E-state index contributed by atoms with van der Waals surface area (Å²) in [5.74, 6) is -6.89. The Labute approximate surface area is 191 Å². The number of carbonyl (C=O) groups excluding carboxylic acids is 3. The number of aliphatic hydroxyl groups excluding tert-OH is 1. The molecule has 180 valence electrons. The summed E-state index contributed by atoms with van der Waals surface area (Å²) < 4.78 is 61.9. The van der Waals surface area contributed by atoms with Crippen LogP contribution in [0.2, 0.25) is 0 Å². The van der Waals surface area contributed by atoms with Crippen LogP contribution >= 0.6 is 0 Å². The van der Waals surface area contributed by atoms with E-state index < -0.39 is 54.1 Å². The number of alkyl halides is 4. The lowest BCUT2D eigenvalue weighted by atomic mass is 9.81. The van der Waals surface area contributed by atoms with E-state index in [-0.39, 0.29) is 28.2 Å². The normalized spacial score (nSPS) is 22.6. The van der Waals surface area contributed by atoms with Crippen molar-refractivity contribution >= 4 is 17.7 Å². The predicted molar refractivity (Wildman–Crippen MR) is 111 cm³/mol. The lowest BCUT2D eigenvalue weighted by Crippen LogP contribution is -2.39. The van der Waals surface area contributed by atoms with E-state index in [1.54, 1.807) is 24.3 Å². The van der Waals surface area contributed by atoms with Crippen molar-refractivity contribution in [3.8, 4) is 11.5 Å². The molecule has 0 fully saturated rings. The SMILES string of the molecule is C/C(O)=C1/C(=O)Oc2ccccc2C1C(F)F.CC(=O)C1C(=O)Oc2ccccc2C1C(F)F. The predicted octanol–water partition coefficient (Wildman–Crippen LogP) is 4.95. The molecule has 0 spiro atoms. The van der Waals surface area contributed by atoms with Gasteiger partial charge in [-0.3, -0.25) is 9.59 Å². The molecule has 3 unspecified atom stereocenters. The Morgan fingerprint density at radius 1 is 0.853 bits per heavy atom. The summed E-state index contributed by atoms with van der Waals surface area (Å²) in [5, 5.41) is 9.34. The van der Waals surface area contributed by atoms with Gasteiger partial charge in [-0.15, -0.1) is 0 Å². The van der Waals surface area contributed by atoms with Crippen LogP contribution < -0.4 is 9.47 Å². The molecule has 10 heteroatoms. The van der Waals surface area contributed by atoms with Crippen molar-refractivity contribution in [3.05, 3.63) is 71.0 Å². The van der Waals surface area contributed by atoms with Gasteiger partial charge in [-0.1, -0.05) is 36.4 Å². The Hall–Kier alpha value is -3.69. The maximum absolute atomic E-state index is 13.0. The number of aliphatic hydroxyl groups is 1. The number of halogens is 4. The second kappa shape index (κ2) is 10.1. The number of carbonyl (C=O) groups is 3. The molecule has 0 radical (unpaired) electrons. The molecule has 0 saturated carbocycles. The van der Waals surface area contributed by atoms with Gasteiger partial charge in [0.15, 0.2) is 0 Å². The fourth-order valence-corrected chi connectivity index (χ4v) is 3.95. The third-order valence-corrected chi connectivity index (χ3v) is 5.44. The lowest BCUT2D eigenvalue weighted by molar-refractivity contribution is -0.148. The van der Waals surface area contributed by atoms with E-state index in [9.17, 15) is 37.1 Å². The Morgan fingerprint density at radius 3 is 1.88 bits per heavy atom. The smallest absolute Gasteiger partial charge is 0.343 e. The standard InChI is InChI=1S/2C12H10F2O3/c2*1-6(15)9-10(11(13)14)7-4-2-3-5-8(7)17-12(9)16/h2-5,10-11,15H,1H3;2-5,9-11H,1H3/b9-6-;. The van der Waals surface area contributed by atoms with Gasteiger partial charge < -0.3 is 14.6 Å². The van der Waals surface area contributed by atoms with Crippen LogP contribution in [-0.4, -0.2) is 35.7 Å². The van der Waals surface area contributed by atoms with Crippen LogP contribution in [-0.2, 0) is 14.4 Å². The van der Waals surface area contributed by atoms with Gasteiger partial charge in [-0.25, -0.2) is 22.4 Å². The minimum Gasteiger partial charge on any atom is -0.512 e. The van der Waals surface area contributed by atoms with E-state index in [2.05, 4.69) is 0 Å². The highest BCUT2D eigenvalue weighted by Gasteiger charge is 2.45. The molecule has 2 aromatic carbocycles. The topological polar surface area (TPSA) is 89.9 Å². The molecule has 2 aromatic rings. The first-order valence-electron chi connectivity index (χ1n) is 10.1. The minimum absolute atomic E-state index is 0.111. The van der Waals surface area contributed by atoms with Crippen molar-refractivity contribution < 1.29 is 46.5 Å². The van der Waals surface area contributed by atoms with Crippen LogP contribution in [0.5, 0.6) is 11.5 Å². The molecule has 2 aliphatic rings. The van der Waals surface area contributed by atoms with Gasteiger partial charge in [-0.2, -0.15) is 0 Å². The lowest BCUT2D eigenvalue weighted by Gasteiger charge is -2.29. The number of ether oxygens (including phenoxy) is 2. The number of benzene rings is 2. The van der Waals surface area contributed by atoms with Crippen molar-refractivity contribution in [1.82, 2.24) is 0 Å². The van der Waals surface area contributed by atoms with Gasteiger partial charge in [0.05, 0.1) is 17.4 Å². The second-order valence-corrected chi connectivity index (χ2v) is 7.65. The number of esters is 2. The number of hydrogen-bond donors (Lipinski definition) is 1. The van der Waals surface area contributed by atoms with Crippen LogP contribution in [0.1, 0.15) is 36.8 Å². The third-order valence-electron chi connectivity index (χ3n) is 5.44. The van der Waals surface area contributed by atoms with Crippen molar-refractivity contribution in [2.24, 2.45) is 5.92 Å². The first-order valence-corrected chi connectivity index (χ1v) is 10.1. The number of Topliss-reactive ketones (excluding diaryl/α,β-unsaturated/α-hetero) is 1. The Morgan fingerprint density at radius 2 is 1.38 bits per heavy atom. The number of rotatable bonds is 3. The van der Waals surface area contributed by atoms with E-state index in [4.69, 9.17) is 9.47 Å². The van der Waals surface area contributed by atoms with Gasteiger partial charge in [0, 0.05) is 11.1 Å². The summed E-state index contributed by atoms with van der Waals surface area (Å²) in [7, 11) is 0. The van der Waals surface area contributed by atoms with E-state index in [1.165, 1.54) is 31.2 Å². The number of allylic oxidation sites excluding steroid dienone is 1. The molecule has 0 saturated heterocycles. The summed E-state index contributed by atoms with van der Waals surface area (Å²) in [6.45, 7) is 2.31. The highest BCUT2D eigenvalue weighted by atomic mass is 19.3. The first kappa shape index (κ1) is 24.9. The molecule has 4 rings (SSSR count). The van der Waals surface area contributed by atoms with E-state index in [1.807, 2.05) is 0 Å². The van der Waals surface area contributed by atoms with Gasteiger partial charge >= 0.3 is 11.9 Å². The average Bonchev–Trinajstić information content (AvgIpc) is 2.76. The zero-order valence-electron chi connectivity index (χ0n) is 18.0. The summed E-state index contributed by atoms with van der Waals surface area (Å²) in [4.78, 5) is 34.4. The summed E-state index contributed by atoms with van der Waals surface area (Å²) in [6, 6.07) is 12.1. The highest BCUT2D eigenvalue weighted by molar-refractivity contribution is 6.01. The summed E-state index contributed by atoms with van der Waals surface area (Å²) in [5.41, 5.74) is 0.0477. The molecule has 0 aliphatic carbocycles. The Bertz CT molecular complexity index is 1140. The average molecular weight is 480 g/mol. The number of ketones is 1. The zero-order valence-corrected chi connectivity index (χ0v) is 18.0. The fourth-order valence-electron chi connectivity index (χ4n) is 3.95. The maximum Gasteiger partial charge on any atom is 0.343 e. The fraction of sp³-hybridized carbons (Fsp3) is 0.292. The third kappa shape index (κ3) is 4.80. The van der Waals surface area contributed by atoms with Crippen LogP contribution in [0, 0.1) is 5.92 Å². The van der Waals surface area contributed by atoms with Crippen LogP contribution in [0.3, 0.4) is 0 Å². The van der Waals surface area contributed by atoms with Gasteiger partial charge in [0.1, 0.15) is 29.0 Å². The monoisotopic (exact) mass is 480 g/mol. The van der Waals surface area contributed by atoms with Crippen LogP contribution in [0.25, 0.3) is 0 Å². The van der Waals surface area contributed by atoms with Gasteiger partial charge in [0.25, 0.3) is 0 Å². The summed E-state index contributed by atoms with van der Waals surface area (Å²) in [6.07, 6.45) is -5.56.